The molecule has 2 aromatic rings. The number of carbonyl (C=O) groups is 2. The summed E-state index contributed by atoms with van der Waals surface area (Å²) in [6, 6.07) is 6.53. The number of nitrogens with zero attached hydrogens (tertiary/aromatic N) is 3. The van der Waals surface area contributed by atoms with E-state index in [0.29, 0.717) is 50.5 Å². The number of amides is 2. The number of halogens is 2. The fourth-order valence-electron chi connectivity index (χ4n) is 3.63. The van der Waals surface area contributed by atoms with Crippen LogP contribution in [-0.2, 0) is 17.9 Å². The zero-order valence-corrected chi connectivity index (χ0v) is 14.7. The van der Waals surface area contributed by atoms with Crippen molar-refractivity contribution in [2.45, 2.75) is 19.1 Å². The van der Waals surface area contributed by atoms with Gasteiger partial charge in [-0.25, -0.2) is 8.78 Å². The van der Waals surface area contributed by atoms with Crippen LogP contribution >= 0.6 is 0 Å². The summed E-state index contributed by atoms with van der Waals surface area (Å²) in [7, 11) is 0. The van der Waals surface area contributed by atoms with Crippen molar-refractivity contribution in [1.82, 2.24) is 19.7 Å². The van der Waals surface area contributed by atoms with Gasteiger partial charge in [-0.2, -0.15) is 0 Å². The molecule has 0 radical (unpaired) electrons. The predicted molar refractivity (Wildman–Crippen MR) is 93.9 cm³/mol. The van der Waals surface area contributed by atoms with E-state index >= 15 is 0 Å². The summed E-state index contributed by atoms with van der Waals surface area (Å²) >= 11 is 0. The molecule has 27 heavy (non-hydrogen) atoms. The Balaban J connectivity index is 1.34. The summed E-state index contributed by atoms with van der Waals surface area (Å²) < 4.78 is 28.6. The van der Waals surface area contributed by atoms with Crippen LogP contribution in [-0.4, -0.2) is 58.4 Å². The topological polar surface area (TPSA) is 57.6 Å². The van der Waals surface area contributed by atoms with Gasteiger partial charge in [0.05, 0.1) is 6.54 Å². The molecule has 8 heteroatoms. The highest BCUT2D eigenvalue weighted by molar-refractivity contribution is 5.97. The van der Waals surface area contributed by atoms with Crippen molar-refractivity contribution in [3.63, 3.8) is 0 Å². The second-order valence-electron chi connectivity index (χ2n) is 6.91. The maximum absolute atomic E-state index is 13.8. The van der Waals surface area contributed by atoms with E-state index in [1.807, 2.05) is 4.90 Å². The van der Waals surface area contributed by atoms with Crippen LogP contribution in [0.15, 0.2) is 36.5 Å². The average molecular weight is 374 g/mol. The first-order valence-electron chi connectivity index (χ1n) is 8.92. The molecule has 1 N–H and O–H groups in total. The number of benzene rings is 1. The third-order valence-electron chi connectivity index (χ3n) is 5.14. The Morgan fingerprint density at radius 1 is 1.15 bits per heavy atom. The maximum Gasteiger partial charge on any atom is 0.268 e. The Labute approximate surface area is 155 Å². The first-order chi connectivity index (χ1) is 13.0. The van der Waals surface area contributed by atoms with Gasteiger partial charge in [0.15, 0.2) is 0 Å². The van der Waals surface area contributed by atoms with E-state index < -0.39 is 17.7 Å². The summed E-state index contributed by atoms with van der Waals surface area (Å²) in [5, 5.41) is 2.77. The van der Waals surface area contributed by atoms with Crippen LogP contribution < -0.4 is 5.32 Å². The van der Waals surface area contributed by atoms with E-state index in [1.165, 1.54) is 12.1 Å². The van der Waals surface area contributed by atoms with Crippen LogP contribution in [0.3, 0.4) is 0 Å². The lowest BCUT2D eigenvalue weighted by Crippen LogP contribution is -2.57. The van der Waals surface area contributed by atoms with Crippen LogP contribution in [0, 0.1) is 11.6 Å². The number of aromatic nitrogens is 1. The number of hydrogen-bond acceptors (Lipinski definition) is 3. The largest absolute Gasteiger partial charge is 0.341 e. The van der Waals surface area contributed by atoms with E-state index in [0.717, 1.165) is 6.07 Å². The van der Waals surface area contributed by atoms with E-state index in [-0.39, 0.29) is 11.8 Å². The molecule has 2 amide bonds. The van der Waals surface area contributed by atoms with E-state index in [9.17, 15) is 18.4 Å². The maximum atomic E-state index is 13.8. The van der Waals surface area contributed by atoms with Gasteiger partial charge in [-0.1, -0.05) is 6.07 Å². The highest BCUT2D eigenvalue weighted by Crippen LogP contribution is 2.16. The molecule has 0 aliphatic carbocycles. The van der Waals surface area contributed by atoms with Crippen molar-refractivity contribution in [3.8, 4) is 0 Å². The van der Waals surface area contributed by atoms with E-state index in [4.69, 9.17) is 0 Å². The van der Waals surface area contributed by atoms with Crippen molar-refractivity contribution in [1.29, 1.82) is 0 Å². The fraction of sp³-hybridized carbons (Fsp3) is 0.368. The number of carbonyl (C=O) groups excluding carboxylic acids is 2. The van der Waals surface area contributed by atoms with Gasteiger partial charge in [0.1, 0.15) is 23.4 Å². The molecule has 6 nitrogen and oxygen atoms in total. The molecule has 142 valence electrons. The Morgan fingerprint density at radius 2 is 1.93 bits per heavy atom. The zero-order chi connectivity index (χ0) is 19.0. The first kappa shape index (κ1) is 17.7. The summed E-state index contributed by atoms with van der Waals surface area (Å²) in [6.07, 6.45) is 1.80. The number of nitrogens with one attached hydrogen (secondary N) is 1. The van der Waals surface area contributed by atoms with Crippen molar-refractivity contribution < 1.29 is 18.4 Å². The Hall–Kier alpha value is -2.74. The van der Waals surface area contributed by atoms with Gasteiger partial charge in [-0.15, -0.1) is 0 Å². The fourth-order valence-corrected chi connectivity index (χ4v) is 3.63. The standard InChI is InChI=1S/C19H20F2N4O2/c20-14-4-3-13(15(21)10-14)11-23-6-8-24(9-7-23)19(27)16-12-25-5-1-2-17(25)18(26)22-16/h1-5,10,16H,6-9,11-12H2,(H,22,26). The second kappa shape index (κ2) is 7.11. The van der Waals surface area contributed by atoms with E-state index in [2.05, 4.69) is 5.32 Å². The molecule has 1 aromatic heterocycles. The molecular formula is C19H20F2N4O2. The van der Waals surface area contributed by atoms with Gasteiger partial charge in [0, 0.05) is 50.6 Å². The predicted octanol–water partition coefficient (Wildman–Crippen LogP) is 1.22. The van der Waals surface area contributed by atoms with E-state index in [1.54, 1.807) is 27.8 Å². The van der Waals surface area contributed by atoms with Crippen LogP contribution in [0.25, 0.3) is 0 Å². The quantitative estimate of drug-likeness (QED) is 0.879. The van der Waals surface area contributed by atoms with Gasteiger partial charge < -0.3 is 14.8 Å². The molecular weight excluding hydrogens is 354 g/mol. The number of fused-ring (bicyclic) bond motifs is 1. The summed E-state index contributed by atoms with van der Waals surface area (Å²) in [6.45, 7) is 3.00. The summed E-state index contributed by atoms with van der Waals surface area (Å²) in [4.78, 5) is 28.6. The number of rotatable bonds is 3. The SMILES string of the molecule is O=C1NC(C(=O)N2CCN(Cc3ccc(F)cc3F)CC2)Cn2cccc21. The second-order valence-corrected chi connectivity index (χ2v) is 6.91. The minimum atomic E-state index is -0.591. The van der Waals surface area contributed by atoms with Gasteiger partial charge in [0.2, 0.25) is 5.91 Å². The number of piperazine rings is 1. The lowest BCUT2D eigenvalue weighted by atomic mass is 10.1. The molecule has 1 fully saturated rings. The van der Waals surface area contributed by atoms with Gasteiger partial charge >= 0.3 is 0 Å². The smallest absolute Gasteiger partial charge is 0.268 e. The van der Waals surface area contributed by atoms with Crippen molar-refractivity contribution in [2.75, 3.05) is 26.2 Å². The molecule has 2 aliphatic rings. The highest BCUT2D eigenvalue weighted by Gasteiger charge is 2.33. The Bertz CT molecular complexity index is 874. The monoisotopic (exact) mass is 374 g/mol. The molecule has 1 unspecified atom stereocenters. The summed E-state index contributed by atoms with van der Waals surface area (Å²) in [5.74, 6) is -1.49. The minimum absolute atomic E-state index is 0.102. The lowest BCUT2D eigenvalue weighted by molar-refractivity contribution is -0.135. The highest BCUT2D eigenvalue weighted by atomic mass is 19.1. The summed E-state index contributed by atoms with van der Waals surface area (Å²) in [5.41, 5.74) is 1.00. The van der Waals surface area contributed by atoms with Gasteiger partial charge in [-0.3, -0.25) is 14.5 Å². The molecule has 0 spiro atoms. The molecule has 1 aromatic carbocycles. The molecule has 2 aliphatic heterocycles. The Kier molecular flexibility index (Phi) is 4.65. The Morgan fingerprint density at radius 3 is 2.67 bits per heavy atom. The van der Waals surface area contributed by atoms with Crippen molar-refractivity contribution >= 4 is 11.8 Å². The third-order valence-corrected chi connectivity index (χ3v) is 5.14. The average Bonchev–Trinajstić information content (AvgIpc) is 3.13. The molecule has 1 saturated heterocycles. The molecule has 0 bridgehead atoms. The van der Waals surface area contributed by atoms with Gasteiger partial charge in [-0.05, 0) is 18.2 Å². The molecule has 1 atom stereocenters. The van der Waals surface area contributed by atoms with Crippen LogP contribution in [0.2, 0.25) is 0 Å². The van der Waals surface area contributed by atoms with Crippen LogP contribution in [0.4, 0.5) is 8.78 Å². The molecule has 0 saturated carbocycles. The minimum Gasteiger partial charge on any atom is -0.341 e. The van der Waals surface area contributed by atoms with Crippen LogP contribution in [0.5, 0.6) is 0 Å². The van der Waals surface area contributed by atoms with Crippen LogP contribution in [0.1, 0.15) is 16.1 Å². The lowest BCUT2D eigenvalue weighted by Gasteiger charge is -2.37. The molecule has 4 rings (SSSR count). The first-order valence-corrected chi connectivity index (χ1v) is 8.92. The third kappa shape index (κ3) is 3.57. The number of hydrogen-bond donors (Lipinski definition) is 1. The molecule has 3 heterocycles. The van der Waals surface area contributed by atoms with Gasteiger partial charge in [0.25, 0.3) is 5.91 Å². The zero-order valence-electron chi connectivity index (χ0n) is 14.7. The van der Waals surface area contributed by atoms with Crippen molar-refractivity contribution in [3.05, 3.63) is 59.4 Å². The van der Waals surface area contributed by atoms with Crippen molar-refractivity contribution in [2.24, 2.45) is 0 Å². The normalized spacial score (nSPS) is 20.3.